The van der Waals surface area contributed by atoms with Crippen molar-refractivity contribution in [2.45, 2.75) is 58.5 Å². The molecular weight excluding hydrogens is 148 g/mol. The first-order valence-electron chi connectivity index (χ1n) is 5.22. The van der Waals surface area contributed by atoms with Gasteiger partial charge in [0.2, 0.25) is 0 Å². The van der Waals surface area contributed by atoms with Gasteiger partial charge < -0.3 is 4.74 Å². The van der Waals surface area contributed by atoms with E-state index in [9.17, 15) is 0 Å². The molecule has 1 radical (unpaired) electrons. The van der Waals surface area contributed by atoms with E-state index in [1.54, 1.807) is 0 Å². The minimum Gasteiger partial charge on any atom is -0.379 e. The van der Waals surface area contributed by atoms with E-state index >= 15 is 0 Å². The van der Waals surface area contributed by atoms with Crippen LogP contribution in [0.5, 0.6) is 0 Å². The largest absolute Gasteiger partial charge is 0.379 e. The van der Waals surface area contributed by atoms with Gasteiger partial charge in [0.15, 0.2) is 0 Å². The topological polar surface area (TPSA) is 9.23 Å². The fourth-order valence-electron chi connectivity index (χ4n) is 1.32. The van der Waals surface area contributed by atoms with Crippen LogP contribution in [0.4, 0.5) is 0 Å². The average Bonchev–Trinajstić information content (AvgIpc) is 2.05. The van der Waals surface area contributed by atoms with E-state index in [4.69, 9.17) is 4.74 Å². The molecule has 0 aromatic heterocycles. The van der Waals surface area contributed by atoms with Crippen LogP contribution in [0.1, 0.15) is 52.4 Å². The first-order valence-corrected chi connectivity index (χ1v) is 5.22. The van der Waals surface area contributed by atoms with Gasteiger partial charge in [0.05, 0.1) is 6.10 Å². The van der Waals surface area contributed by atoms with Gasteiger partial charge in [-0.1, -0.05) is 39.0 Å². The highest BCUT2D eigenvalue weighted by Gasteiger charge is 1.99. The zero-order valence-corrected chi connectivity index (χ0v) is 8.64. The van der Waals surface area contributed by atoms with Crippen molar-refractivity contribution in [1.29, 1.82) is 0 Å². The molecule has 0 saturated carbocycles. The summed E-state index contributed by atoms with van der Waals surface area (Å²) in [5.74, 6) is 0. The van der Waals surface area contributed by atoms with Crippen molar-refractivity contribution in [3.63, 3.8) is 0 Å². The van der Waals surface area contributed by atoms with Gasteiger partial charge in [-0.25, -0.2) is 0 Å². The molecule has 0 N–H and O–H groups in total. The van der Waals surface area contributed by atoms with Crippen LogP contribution in [0.15, 0.2) is 0 Å². The van der Waals surface area contributed by atoms with E-state index in [1.807, 2.05) is 0 Å². The molecule has 0 aliphatic rings. The third kappa shape index (κ3) is 8.06. The Morgan fingerprint density at radius 3 is 2.42 bits per heavy atom. The quantitative estimate of drug-likeness (QED) is 0.507. The molecule has 0 spiro atoms. The lowest BCUT2D eigenvalue weighted by Gasteiger charge is -2.10. The number of unbranched alkanes of at least 4 members (excludes halogenated alkanes) is 4. The molecule has 0 aromatic carbocycles. The van der Waals surface area contributed by atoms with Crippen molar-refractivity contribution >= 4 is 0 Å². The number of rotatable bonds is 8. The summed E-state index contributed by atoms with van der Waals surface area (Å²) in [4.78, 5) is 0. The lowest BCUT2D eigenvalue weighted by atomic mass is 10.1. The maximum atomic E-state index is 5.34. The zero-order chi connectivity index (χ0) is 9.23. The van der Waals surface area contributed by atoms with E-state index < -0.39 is 0 Å². The maximum Gasteiger partial charge on any atom is 0.0547 e. The molecule has 0 aliphatic heterocycles. The first kappa shape index (κ1) is 12.0. The molecule has 0 aromatic rings. The van der Waals surface area contributed by atoms with Crippen molar-refractivity contribution < 1.29 is 4.74 Å². The van der Waals surface area contributed by atoms with E-state index in [2.05, 4.69) is 20.8 Å². The molecule has 0 bridgehead atoms. The van der Waals surface area contributed by atoms with E-state index in [-0.39, 0.29) is 0 Å². The van der Waals surface area contributed by atoms with Gasteiger partial charge in [-0.2, -0.15) is 0 Å². The summed E-state index contributed by atoms with van der Waals surface area (Å²) >= 11 is 0. The highest BCUT2D eigenvalue weighted by Crippen LogP contribution is 2.08. The average molecular weight is 171 g/mol. The standard InChI is InChI=1S/C11H23O/c1-4-6-7-8-9-10-11(3)12-5-2/h11H,2,4-10H2,1,3H3. The molecule has 0 heterocycles. The Kier molecular flexibility index (Phi) is 9.02. The lowest BCUT2D eigenvalue weighted by Crippen LogP contribution is -2.07. The van der Waals surface area contributed by atoms with E-state index in [1.165, 1.54) is 38.5 Å². The number of hydrogen-bond acceptors (Lipinski definition) is 1. The number of ether oxygens (including phenoxy) is 1. The molecule has 1 heteroatoms. The second kappa shape index (κ2) is 9.05. The summed E-state index contributed by atoms with van der Waals surface area (Å²) in [6.45, 7) is 8.64. The van der Waals surface area contributed by atoms with Crippen molar-refractivity contribution in [2.75, 3.05) is 6.61 Å². The Labute approximate surface area is 77.5 Å². The van der Waals surface area contributed by atoms with Gasteiger partial charge in [-0.15, -0.1) is 0 Å². The summed E-state index contributed by atoms with van der Waals surface area (Å²) in [6, 6.07) is 0. The summed E-state index contributed by atoms with van der Waals surface area (Å²) < 4.78 is 5.34. The Morgan fingerprint density at radius 1 is 1.17 bits per heavy atom. The van der Waals surface area contributed by atoms with Crippen LogP contribution in [0.25, 0.3) is 0 Å². The van der Waals surface area contributed by atoms with Crippen molar-refractivity contribution in [1.82, 2.24) is 0 Å². The van der Waals surface area contributed by atoms with Gasteiger partial charge in [0.1, 0.15) is 0 Å². The van der Waals surface area contributed by atoms with E-state index in [0.717, 1.165) is 0 Å². The monoisotopic (exact) mass is 171 g/mol. The fourth-order valence-corrected chi connectivity index (χ4v) is 1.32. The van der Waals surface area contributed by atoms with Crippen LogP contribution in [-0.4, -0.2) is 12.7 Å². The van der Waals surface area contributed by atoms with Gasteiger partial charge >= 0.3 is 0 Å². The third-order valence-corrected chi connectivity index (χ3v) is 2.12. The third-order valence-electron chi connectivity index (χ3n) is 2.12. The summed E-state index contributed by atoms with van der Waals surface area (Å²) in [5.41, 5.74) is 0. The molecular formula is C11H23O. The maximum absolute atomic E-state index is 5.34. The van der Waals surface area contributed by atoms with Gasteiger partial charge in [-0.05, 0) is 20.3 Å². The van der Waals surface area contributed by atoms with Crippen molar-refractivity contribution in [3.8, 4) is 0 Å². The van der Waals surface area contributed by atoms with Crippen LogP contribution >= 0.6 is 0 Å². The SMILES string of the molecule is [CH2]COC(C)CCCCCCC. The summed E-state index contributed by atoms with van der Waals surface area (Å²) in [6.07, 6.45) is 8.35. The minimum atomic E-state index is 0.407. The molecule has 0 fully saturated rings. The van der Waals surface area contributed by atoms with Gasteiger partial charge in [-0.3, -0.25) is 0 Å². The molecule has 0 saturated heterocycles. The van der Waals surface area contributed by atoms with Crippen LogP contribution in [-0.2, 0) is 4.74 Å². The van der Waals surface area contributed by atoms with Crippen LogP contribution in [0, 0.1) is 6.92 Å². The Bertz CT molecular complexity index is 81.1. The highest BCUT2D eigenvalue weighted by atomic mass is 16.5. The van der Waals surface area contributed by atoms with Crippen LogP contribution in [0.3, 0.4) is 0 Å². The fraction of sp³-hybridized carbons (Fsp3) is 0.909. The molecule has 1 unspecified atom stereocenters. The smallest absolute Gasteiger partial charge is 0.0547 e. The van der Waals surface area contributed by atoms with Crippen LogP contribution in [0.2, 0.25) is 0 Å². The normalized spacial score (nSPS) is 13.2. The Hall–Kier alpha value is -0.0400. The second-order valence-electron chi connectivity index (χ2n) is 3.38. The van der Waals surface area contributed by atoms with Crippen molar-refractivity contribution in [3.05, 3.63) is 6.92 Å². The molecule has 0 amide bonds. The Balaban J connectivity index is 2.97. The minimum absolute atomic E-state index is 0.407. The molecule has 0 rings (SSSR count). The zero-order valence-electron chi connectivity index (χ0n) is 8.64. The number of hydrogen-bond donors (Lipinski definition) is 0. The second-order valence-corrected chi connectivity index (χ2v) is 3.38. The van der Waals surface area contributed by atoms with Gasteiger partial charge in [0.25, 0.3) is 0 Å². The molecule has 1 nitrogen and oxygen atoms in total. The van der Waals surface area contributed by atoms with Crippen molar-refractivity contribution in [2.24, 2.45) is 0 Å². The predicted octanol–water partition coefficient (Wildman–Crippen LogP) is 3.59. The highest BCUT2D eigenvalue weighted by molar-refractivity contribution is 4.52. The van der Waals surface area contributed by atoms with E-state index in [0.29, 0.717) is 12.7 Å². The van der Waals surface area contributed by atoms with Gasteiger partial charge in [0, 0.05) is 6.61 Å². The molecule has 73 valence electrons. The molecule has 12 heavy (non-hydrogen) atoms. The summed E-state index contributed by atoms with van der Waals surface area (Å²) in [7, 11) is 0. The molecule has 0 aliphatic carbocycles. The molecule has 1 atom stereocenters. The Morgan fingerprint density at radius 2 is 1.83 bits per heavy atom. The van der Waals surface area contributed by atoms with Crippen LogP contribution < -0.4 is 0 Å². The lowest BCUT2D eigenvalue weighted by molar-refractivity contribution is 0.0786. The first-order chi connectivity index (χ1) is 5.81. The predicted molar refractivity (Wildman–Crippen MR) is 54.1 cm³/mol. The summed E-state index contributed by atoms with van der Waals surface area (Å²) in [5, 5.41) is 0.